The largest absolute Gasteiger partial charge is 0.325 e. The van der Waals surface area contributed by atoms with E-state index in [9.17, 15) is 24.5 Å². The molecule has 0 spiro atoms. The third kappa shape index (κ3) is 3.99. The van der Waals surface area contributed by atoms with Gasteiger partial charge in [-0.15, -0.1) is 10.2 Å². The van der Waals surface area contributed by atoms with E-state index in [2.05, 4.69) is 20.5 Å². The number of hydrogen-bond donors (Lipinski definition) is 1. The van der Waals surface area contributed by atoms with E-state index in [1.807, 2.05) is 0 Å². The number of pyridine rings is 1. The van der Waals surface area contributed by atoms with Crippen LogP contribution in [0.2, 0.25) is 0 Å². The van der Waals surface area contributed by atoms with E-state index >= 15 is 0 Å². The number of carbonyl (C=O) groups is 3. The van der Waals surface area contributed by atoms with E-state index in [0.717, 1.165) is 11.0 Å². The molecule has 156 valence electrons. The Morgan fingerprint density at radius 3 is 2.48 bits per heavy atom. The van der Waals surface area contributed by atoms with Crippen LogP contribution in [0.4, 0.5) is 11.4 Å². The number of amides is 3. The van der Waals surface area contributed by atoms with Crippen LogP contribution in [0.15, 0.2) is 49.2 Å². The van der Waals surface area contributed by atoms with Crippen molar-refractivity contribution in [1.29, 1.82) is 0 Å². The van der Waals surface area contributed by atoms with Crippen LogP contribution in [0.1, 0.15) is 33.6 Å². The molecule has 0 saturated heterocycles. The highest BCUT2D eigenvalue weighted by Crippen LogP contribution is 2.27. The molecular weight excluding hydrogens is 406 g/mol. The van der Waals surface area contributed by atoms with Gasteiger partial charge < -0.3 is 5.32 Å². The van der Waals surface area contributed by atoms with Gasteiger partial charge in [-0.1, -0.05) is 0 Å². The predicted octanol–water partition coefficient (Wildman–Crippen LogP) is 1.59. The van der Waals surface area contributed by atoms with Crippen LogP contribution in [-0.4, -0.2) is 53.8 Å². The maximum absolute atomic E-state index is 12.4. The standard InChI is InChI=1S/C19H15N7O5/c27-17(23-12-3-6-16(20-9-12)24-10-21-22-11-24)2-1-7-25-18(28)14-5-4-13(26(30)31)8-15(14)19(25)29/h3-6,8-11H,1-2,7H2,(H,23,27). The lowest BCUT2D eigenvalue weighted by Crippen LogP contribution is -2.31. The van der Waals surface area contributed by atoms with Crippen molar-refractivity contribution in [3.63, 3.8) is 0 Å². The first-order valence-electron chi connectivity index (χ1n) is 9.19. The maximum atomic E-state index is 12.4. The molecule has 0 atom stereocenters. The van der Waals surface area contributed by atoms with E-state index in [4.69, 9.17) is 0 Å². The molecule has 3 heterocycles. The minimum absolute atomic E-state index is 0.00269. The summed E-state index contributed by atoms with van der Waals surface area (Å²) in [6.07, 6.45) is 4.80. The number of nitrogens with one attached hydrogen (secondary N) is 1. The zero-order chi connectivity index (χ0) is 22.0. The molecule has 0 unspecified atom stereocenters. The minimum atomic E-state index is -0.626. The summed E-state index contributed by atoms with van der Waals surface area (Å²) in [6, 6.07) is 6.92. The summed E-state index contributed by atoms with van der Waals surface area (Å²) < 4.78 is 1.61. The summed E-state index contributed by atoms with van der Waals surface area (Å²) in [6.45, 7) is 0.0262. The molecule has 3 amide bonds. The Labute approximate surface area is 174 Å². The van der Waals surface area contributed by atoms with E-state index in [1.165, 1.54) is 31.0 Å². The van der Waals surface area contributed by atoms with E-state index < -0.39 is 16.7 Å². The lowest BCUT2D eigenvalue weighted by atomic mass is 10.1. The van der Waals surface area contributed by atoms with Gasteiger partial charge in [0.05, 0.1) is 27.9 Å². The molecule has 1 aliphatic rings. The summed E-state index contributed by atoms with van der Waals surface area (Å²) in [7, 11) is 0. The Balaban J connectivity index is 1.31. The first-order valence-corrected chi connectivity index (χ1v) is 9.19. The molecule has 0 bridgehead atoms. The van der Waals surface area contributed by atoms with Crippen LogP contribution in [0.3, 0.4) is 0 Å². The molecule has 31 heavy (non-hydrogen) atoms. The van der Waals surface area contributed by atoms with Gasteiger partial charge in [-0.3, -0.25) is 34.0 Å². The lowest BCUT2D eigenvalue weighted by Gasteiger charge is -2.13. The number of hydrogen-bond acceptors (Lipinski definition) is 8. The number of nitro benzene ring substituents is 1. The SMILES string of the molecule is O=C(CCCN1C(=O)c2ccc([N+](=O)[O-])cc2C1=O)Nc1ccc(-n2cnnc2)nc1. The summed E-state index contributed by atoms with van der Waals surface area (Å²) in [4.78, 5) is 52.5. The van der Waals surface area contributed by atoms with Crippen LogP contribution < -0.4 is 5.32 Å². The van der Waals surface area contributed by atoms with Crippen molar-refractivity contribution in [3.8, 4) is 5.82 Å². The summed E-state index contributed by atoms with van der Waals surface area (Å²) >= 11 is 0. The van der Waals surface area contributed by atoms with E-state index in [-0.39, 0.29) is 42.1 Å². The summed E-state index contributed by atoms with van der Waals surface area (Å²) in [5.41, 5.74) is 0.363. The van der Waals surface area contributed by atoms with Crippen LogP contribution >= 0.6 is 0 Å². The average Bonchev–Trinajstić information content (AvgIpc) is 3.37. The molecule has 2 aromatic heterocycles. The van der Waals surface area contributed by atoms with Gasteiger partial charge in [-0.2, -0.15) is 0 Å². The normalized spacial score (nSPS) is 12.7. The Kier molecular flexibility index (Phi) is 5.18. The van der Waals surface area contributed by atoms with Gasteiger partial charge in [0.2, 0.25) is 5.91 Å². The summed E-state index contributed by atoms with van der Waals surface area (Å²) in [5, 5.41) is 21.0. The highest BCUT2D eigenvalue weighted by molar-refractivity contribution is 6.21. The molecule has 0 fully saturated rings. The second-order valence-electron chi connectivity index (χ2n) is 6.67. The molecule has 12 nitrogen and oxygen atoms in total. The van der Waals surface area contributed by atoms with Crippen molar-refractivity contribution < 1.29 is 19.3 Å². The molecule has 12 heteroatoms. The number of rotatable bonds is 7. The number of nitrogens with zero attached hydrogens (tertiary/aromatic N) is 6. The van der Waals surface area contributed by atoms with Crippen molar-refractivity contribution in [2.45, 2.75) is 12.8 Å². The third-order valence-electron chi connectivity index (χ3n) is 4.67. The topological polar surface area (TPSA) is 153 Å². The average molecular weight is 421 g/mol. The second-order valence-corrected chi connectivity index (χ2v) is 6.67. The quantitative estimate of drug-likeness (QED) is 0.343. The van der Waals surface area contributed by atoms with Crippen LogP contribution in [0.25, 0.3) is 5.82 Å². The van der Waals surface area contributed by atoms with Gasteiger partial charge in [-0.05, 0) is 24.6 Å². The lowest BCUT2D eigenvalue weighted by molar-refractivity contribution is -0.384. The number of benzene rings is 1. The Bertz CT molecular complexity index is 1170. The zero-order valence-corrected chi connectivity index (χ0v) is 16.0. The molecule has 0 aliphatic carbocycles. The fourth-order valence-electron chi connectivity index (χ4n) is 3.15. The number of non-ortho nitro benzene ring substituents is 1. The van der Waals surface area contributed by atoms with Crippen molar-refractivity contribution in [1.82, 2.24) is 24.6 Å². The summed E-state index contributed by atoms with van der Waals surface area (Å²) in [5.74, 6) is -0.832. The number of carbonyl (C=O) groups excluding carboxylic acids is 3. The Morgan fingerprint density at radius 2 is 1.81 bits per heavy atom. The molecule has 3 aromatic rings. The van der Waals surface area contributed by atoms with Crippen LogP contribution in [-0.2, 0) is 4.79 Å². The van der Waals surface area contributed by atoms with Crippen LogP contribution in [0.5, 0.6) is 0 Å². The van der Waals surface area contributed by atoms with Gasteiger partial charge in [0.1, 0.15) is 18.5 Å². The Hall–Kier alpha value is -4.48. The highest BCUT2D eigenvalue weighted by atomic mass is 16.6. The molecular formula is C19H15N7O5. The maximum Gasteiger partial charge on any atom is 0.270 e. The predicted molar refractivity (Wildman–Crippen MR) is 105 cm³/mol. The highest BCUT2D eigenvalue weighted by Gasteiger charge is 2.36. The smallest absolute Gasteiger partial charge is 0.270 e. The number of nitro groups is 1. The first-order chi connectivity index (χ1) is 14.9. The zero-order valence-electron chi connectivity index (χ0n) is 16.0. The molecule has 1 N–H and O–H groups in total. The molecule has 1 aromatic carbocycles. The fourth-order valence-corrected chi connectivity index (χ4v) is 3.15. The van der Waals surface area contributed by atoms with Gasteiger partial charge >= 0.3 is 0 Å². The van der Waals surface area contributed by atoms with E-state index in [1.54, 1.807) is 16.7 Å². The molecule has 0 saturated carbocycles. The van der Waals surface area contributed by atoms with Crippen molar-refractivity contribution in [2.24, 2.45) is 0 Å². The Morgan fingerprint density at radius 1 is 1.06 bits per heavy atom. The van der Waals surface area contributed by atoms with Crippen molar-refractivity contribution in [2.75, 3.05) is 11.9 Å². The van der Waals surface area contributed by atoms with E-state index in [0.29, 0.717) is 11.5 Å². The van der Waals surface area contributed by atoms with Gasteiger partial charge in [-0.25, -0.2) is 4.98 Å². The van der Waals surface area contributed by atoms with Gasteiger partial charge in [0.15, 0.2) is 0 Å². The fraction of sp³-hybridized carbons (Fsp3) is 0.158. The number of aromatic nitrogens is 4. The number of imide groups is 1. The molecule has 0 radical (unpaired) electrons. The van der Waals surface area contributed by atoms with Crippen molar-refractivity contribution >= 4 is 29.1 Å². The number of fused-ring (bicyclic) bond motifs is 1. The second kappa shape index (κ2) is 8.10. The molecule has 1 aliphatic heterocycles. The van der Waals surface area contributed by atoms with Crippen molar-refractivity contribution in [3.05, 3.63) is 70.4 Å². The monoisotopic (exact) mass is 421 g/mol. The van der Waals surface area contributed by atoms with Crippen LogP contribution in [0, 0.1) is 10.1 Å². The number of anilines is 1. The third-order valence-corrected chi connectivity index (χ3v) is 4.67. The van der Waals surface area contributed by atoms with Gasteiger partial charge in [0, 0.05) is 25.1 Å². The molecule has 4 rings (SSSR count). The minimum Gasteiger partial charge on any atom is -0.325 e. The van der Waals surface area contributed by atoms with Gasteiger partial charge in [0.25, 0.3) is 17.5 Å². The first kappa shape index (κ1) is 19.8.